The number of rotatable bonds is 7. The van der Waals surface area contributed by atoms with Crippen LogP contribution in [-0.4, -0.2) is 12.5 Å². The van der Waals surface area contributed by atoms with Crippen LogP contribution in [0, 0.1) is 5.82 Å². The molecule has 1 aromatic rings. The van der Waals surface area contributed by atoms with Gasteiger partial charge in [-0.15, -0.1) is 0 Å². The molecule has 0 bridgehead atoms. The molecule has 18 heavy (non-hydrogen) atoms. The second kappa shape index (κ2) is 8.45. The van der Waals surface area contributed by atoms with Gasteiger partial charge in [0, 0.05) is 18.2 Å². The van der Waals surface area contributed by atoms with Gasteiger partial charge >= 0.3 is 0 Å². The molecular formula is C15H20FNO. The Morgan fingerprint density at radius 1 is 1.28 bits per heavy atom. The number of carbonyl (C=O) groups excluding carboxylic acids is 1. The van der Waals surface area contributed by atoms with E-state index in [9.17, 15) is 9.18 Å². The summed E-state index contributed by atoms with van der Waals surface area (Å²) in [5.41, 5.74) is 0.429. The third-order valence-corrected chi connectivity index (χ3v) is 2.65. The molecule has 0 heterocycles. The van der Waals surface area contributed by atoms with E-state index in [4.69, 9.17) is 0 Å². The molecular weight excluding hydrogens is 229 g/mol. The summed E-state index contributed by atoms with van der Waals surface area (Å²) < 4.78 is 13.2. The van der Waals surface area contributed by atoms with Crippen LogP contribution in [-0.2, 0) is 4.79 Å². The molecule has 1 rings (SSSR count). The Morgan fingerprint density at radius 2 is 2.06 bits per heavy atom. The number of carbonyl (C=O) groups is 1. The number of nitrogens with one attached hydrogen (secondary N) is 1. The Kier molecular flexibility index (Phi) is 6.77. The van der Waals surface area contributed by atoms with Gasteiger partial charge in [0.1, 0.15) is 5.82 Å². The summed E-state index contributed by atoms with van der Waals surface area (Å²) in [5, 5.41) is 2.78. The number of benzene rings is 1. The van der Waals surface area contributed by atoms with Gasteiger partial charge in [0.2, 0.25) is 5.91 Å². The lowest BCUT2D eigenvalue weighted by Crippen LogP contribution is -2.21. The van der Waals surface area contributed by atoms with Gasteiger partial charge in [-0.1, -0.05) is 44.4 Å². The highest BCUT2D eigenvalue weighted by Crippen LogP contribution is 2.07. The van der Waals surface area contributed by atoms with E-state index in [1.807, 2.05) is 0 Å². The molecule has 0 saturated carbocycles. The van der Waals surface area contributed by atoms with Crippen LogP contribution in [0.4, 0.5) is 4.39 Å². The van der Waals surface area contributed by atoms with Gasteiger partial charge < -0.3 is 5.32 Å². The van der Waals surface area contributed by atoms with Crippen molar-refractivity contribution in [3.8, 4) is 0 Å². The molecule has 1 amide bonds. The summed E-state index contributed by atoms with van der Waals surface area (Å²) in [4.78, 5) is 11.4. The highest BCUT2D eigenvalue weighted by atomic mass is 19.1. The van der Waals surface area contributed by atoms with Gasteiger partial charge in [-0.05, 0) is 18.6 Å². The fourth-order valence-corrected chi connectivity index (χ4v) is 1.60. The third-order valence-electron chi connectivity index (χ3n) is 2.65. The molecule has 98 valence electrons. The second-order valence-electron chi connectivity index (χ2n) is 4.21. The van der Waals surface area contributed by atoms with Crippen molar-refractivity contribution < 1.29 is 9.18 Å². The van der Waals surface area contributed by atoms with E-state index < -0.39 is 0 Å². The molecule has 0 unspecified atom stereocenters. The zero-order valence-electron chi connectivity index (χ0n) is 10.8. The molecule has 0 aromatic heterocycles. The van der Waals surface area contributed by atoms with Crippen LogP contribution in [0.2, 0.25) is 0 Å². The smallest absolute Gasteiger partial charge is 0.244 e. The van der Waals surface area contributed by atoms with Gasteiger partial charge in [0.05, 0.1) is 0 Å². The SMILES string of the molecule is CCCCCCNC(=O)/C=C/c1ccccc1F. The Hall–Kier alpha value is -1.64. The summed E-state index contributed by atoms with van der Waals surface area (Å²) in [6, 6.07) is 6.38. The molecule has 0 aliphatic heterocycles. The van der Waals surface area contributed by atoms with Crippen molar-refractivity contribution >= 4 is 12.0 Å². The summed E-state index contributed by atoms with van der Waals surface area (Å²) in [6.07, 6.45) is 7.37. The molecule has 0 aliphatic carbocycles. The fourth-order valence-electron chi connectivity index (χ4n) is 1.60. The van der Waals surface area contributed by atoms with Crippen LogP contribution in [0.1, 0.15) is 38.2 Å². The first-order chi connectivity index (χ1) is 8.74. The number of amides is 1. The maximum absolute atomic E-state index is 13.2. The van der Waals surface area contributed by atoms with E-state index in [1.54, 1.807) is 18.2 Å². The standard InChI is InChI=1S/C15H20FNO/c1-2-3-4-7-12-17-15(18)11-10-13-8-5-6-9-14(13)16/h5-6,8-11H,2-4,7,12H2,1H3,(H,17,18)/b11-10+. The van der Waals surface area contributed by atoms with Crippen LogP contribution >= 0.6 is 0 Å². The molecule has 3 heteroatoms. The summed E-state index contributed by atoms with van der Waals surface area (Å²) in [5.74, 6) is -0.487. The highest BCUT2D eigenvalue weighted by molar-refractivity contribution is 5.91. The van der Waals surface area contributed by atoms with Crippen LogP contribution < -0.4 is 5.32 Å². The van der Waals surface area contributed by atoms with Crippen LogP contribution in [0.3, 0.4) is 0 Å². The monoisotopic (exact) mass is 249 g/mol. The van der Waals surface area contributed by atoms with Crippen molar-refractivity contribution in [2.75, 3.05) is 6.54 Å². The van der Waals surface area contributed by atoms with E-state index in [-0.39, 0.29) is 11.7 Å². The summed E-state index contributed by atoms with van der Waals surface area (Å²) in [6.45, 7) is 2.83. The Labute approximate surface area is 108 Å². The van der Waals surface area contributed by atoms with Gasteiger partial charge in [-0.3, -0.25) is 4.79 Å². The Balaban J connectivity index is 2.30. The van der Waals surface area contributed by atoms with E-state index in [1.165, 1.54) is 31.1 Å². The zero-order chi connectivity index (χ0) is 13.2. The first-order valence-electron chi connectivity index (χ1n) is 6.44. The zero-order valence-corrected chi connectivity index (χ0v) is 10.8. The molecule has 1 aromatic carbocycles. The van der Waals surface area contributed by atoms with Crippen molar-refractivity contribution in [1.29, 1.82) is 0 Å². The molecule has 0 saturated heterocycles. The molecule has 2 nitrogen and oxygen atoms in total. The van der Waals surface area contributed by atoms with Gasteiger partial charge in [0.15, 0.2) is 0 Å². The minimum atomic E-state index is -0.315. The highest BCUT2D eigenvalue weighted by Gasteiger charge is 1.98. The third kappa shape index (κ3) is 5.62. The van der Waals surface area contributed by atoms with Crippen molar-refractivity contribution in [2.45, 2.75) is 32.6 Å². The number of unbranched alkanes of at least 4 members (excludes halogenated alkanes) is 3. The number of hydrogen-bond acceptors (Lipinski definition) is 1. The van der Waals surface area contributed by atoms with Gasteiger partial charge in [-0.2, -0.15) is 0 Å². The molecule has 0 radical (unpaired) electrons. The first-order valence-corrected chi connectivity index (χ1v) is 6.44. The minimum Gasteiger partial charge on any atom is -0.353 e. The lowest BCUT2D eigenvalue weighted by molar-refractivity contribution is -0.116. The number of hydrogen-bond donors (Lipinski definition) is 1. The molecule has 1 N–H and O–H groups in total. The maximum atomic E-state index is 13.2. The second-order valence-corrected chi connectivity index (χ2v) is 4.21. The predicted octanol–water partition coefficient (Wildman–Crippen LogP) is 3.54. The summed E-state index contributed by atoms with van der Waals surface area (Å²) in [7, 11) is 0. The van der Waals surface area contributed by atoms with Crippen molar-refractivity contribution in [3.63, 3.8) is 0 Å². The van der Waals surface area contributed by atoms with E-state index >= 15 is 0 Å². The number of halogens is 1. The van der Waals surface area contributed by atoms with Gasteiger partial charge in [-0.25, -0.2) is 4.39 Å². The maximum Gasteiger partial charge on any atom is 0.244 e. The van der Waals surface area contributed by atoms with E-state index in [0.717, 1.165) is 12.8 Å². The largest absolute Gasteiger partial charge is 0.353 e. The van der Waals surface area contributed by atoms with Crippen molar-refractivity contribution in [2.24, 2.45) is 0 Å². The topological polar surface area (TPSA) is 29.1 Å². The average Bonchev–Trinajstić information content (AvgIpc) is 2.37. The van der Waals surface area contributed by atoms with E-state index in [0.29, 0.717) is 12.1 Å². The quantitative estimate of drug-likeness (QED) is 0.581. The molecule has 0 fully saturated rings. The normalized spacial score (nSPS) is 10.8. The summed E-state index contributed by atoms with van der Waals surface area (Å²) >= 11 is 0. The Bertz CT molecular complexity index is 401. The van der Waals surface area contributed by atoms with Gasteiger partial charge in [0.25, 0.3) is 0 Å². The molecule has 0 spiro atoms. The minimum absolute atomic E-state index is 0.172. The Morgan fingerprint density at radius 3 is 2.78 bits per heavy atom. The lowest BCUT2D eigenvalue weighted by atomic mass is 10.2. The lowest BCUT2D eigenvalue weighted by Gasteiger charge is -2.01. The van der Waals surface area contributed by atoms with Crippen molar-refractivity contribution in [3.05, 3.63) is 41.7 Å². The molecule has 0 atom stereocenters. The fraction of sp³-hybridized carbons (Fsp3) is 0.400. The predicted molar refractivity (Wildman–Crippen MR) is 72.6 cm³/mol. The van der Waals surface area contributed by atoms with Crippen LogP contribution in [0.15, 0.2) is 30.3 Å². The van der Waals surface area contributed by atoms with Crippen LogP contribution in [0.5, 0.6) is 0 Å². The first kappa shape index (κ1) is 14.4. The van der Waals surface area contributed by atoms with E-state index in [2.05, 4.69) is 12.2 Å². The molecule has 0 aliphatic rings. The average molecular weight is 249 g/mol. The van der Waals surface area contributed by atoms with Crippen molar-refractivity contribution in [1.82, 2.24) is 5.32 Å². The van der Waals surface area contributed by atoms with Crippen LogP contribution in [0.25, 0.3) is 6.08 Å².